The molecule has 0 aliphatic carbocycles. The predicted molar refractivity (Wildman–Crippen MR) is 68.1 cm³/mol. The van der Waals surface area contributed by atoms with Gasteiger partial charge in [-0.2, -0.15) is 5.26 Å². The van der Waals surface area contributed by atoms with Gasteiger partial charge in [0.1, 0.15) is 4.60 Å². The summed E-state index contributed by atoms with van der Waals surface area (Å²) in [5.41, 5.74) is 1.93. The number of nitriles is 1. The third kappa shape index (κ3) is 1.94. The highest BCUT2D eigenvalue weighted by Crippen LogP contribution is 2.28. The van der Waals surface area contributed by atoms with Crippen molar-refractivity contribution in [3.63, 3.8) is 0 Å². The number of rotatable bonds is 2. The summed E-state index contributed by atoms with van der Waals surface area (Å²) in [5, 5.41) is 10.2. The summed E-state index contributed by atoms with van der Waals surface area (Å²) in [7, 11) is 0. The molecule has 2 nitrogen and oxygen atoms in total. The first-order valence-corrected chi connectivity index (χ1v) is 6.00. The summed E-state index contributed by atoms with van der Waals surface area (Å²) < 4.78 is 0.777. The fourth-order valence-electron chi connectivity index (χ4n) is 1.73. The Kier molecular flexibility index (Phi) is 3.21. The highest BCUT2D eigenvalue weighted by Gasteiger charge is 2.13. The van der Waals surface area contributed by atoms with Crippen LogP contribution in [0.2, 0.25) is 0 Å². The summed E-state index contributed by atoms with van der Waals surface area (Å²) >= 11 is 3.44. The van der Waals surface area contributed by atoms with Gasteiger partial charge in [-0.15, -0.1) is 0 Å². The Morgan fingerprint density at radius 3 is 2.88 bits per heavy atom. The Balaban J connectivity index is 2.63. The second-order valence-electron chi connectivity index (χ2n) is 3.65. The molecule has 0 fully saturated rings. The van der Waals surface area contributed by atoms with Crippen LogP contribution in [0.25, 0.3) is 10.9 Å². The molecule has 0 bridgehead atoms. The molecule has 2 aromatic rings. The van der Waals surface area contributed by atoms with Gasteiger partial charge in [-0.1, -0.05) is 25.1 Å². The maximum atomic E-state index is 9.08. The van der Waals surface area contributed by atoms with Crippen molar-refractivity contribution in [3.05, 3.63) is 40.5 Å². The summed E-state index contributed by atoms with van der Waals surface area (Å²) in [6, 6.07) is 12.3. The van der Waals surface area contributed by atoms with E-state index < -0.39 is 0 Å². The van der Waals surface area contributed by atoms with E-state index in [2.05, 4.69) is 27.0 Å². The molecule has 0 spiro atoms. The van der Waals surface area contributed by atoms with Crippen molar-refractivity contribution in [2.24, 2.45) is 0 Å². The second kappa shape index (κ2) is 4.63. The van der Waals surface area contributed by atoms with Gasteiger partial charge in [-0.05, 0) is 34.5 Å². The maximum absolute atomic E-state index is 9.08. The van der Waals surface area contributed by atoms with Crippen LogP contribution in [0.3, 0.4) is 0 Å². The molecule has 0 saturated heterocycles. The van der Waals surface area contributed by atoms with E-state index in [0.29, 0.717) is 0 Å². The van der Waals surface area contributed by atoms with E-state index in [1.165, 1.54) is 0 Å². The number of aromatic nitrogens is 1. The molecule has 1 atom stereocenters. The number of pyridine rings is 1. The van der Waals surface area contributed by atoms with Crippen molar-refractivity contribution in [1.29, 1.82) is 5.26 Å². The second-order valence-corrected chi connectivity index (χ2v) is 4.40. The Morgan fingerprint density at radius 1 is 1.44 bits per heavy atom. The van der Waals surface area contributed by atoms with Crippen LogP contribution < -0.4 is 0 Å². The maximum Gasteiger partial charge on any atom is 0.111 e. The molecular weight excluding hydrogens is 264 g/mol. The van der Waals surface area contributed by atoms with Crippen molar-refractivity contribution >= 4 is 26.8 Å². The van der Waals surface area contributed by atoms with Gasteiger partial charge in [-0.3, -0.25) is 0 Å². The molecule has 16 heavy (non-hydrogen) atoms. The number of halogens is 1. The third-order valence-corrected chi connectivity index (χ3v) is 3.28. The SMILES string of the molecule is CCC(C#N)c1cc2ccccc2nc1Br. The smallest absolute Gasteiger partial charge is 0.111 e. The molecule has 0 aliphatic heterocycles. The first-order valence-electron chi connectivity index (χ1n) is 5.21. The standard InChI is InChI=1S/C13H11BrN2/c1-2-9(8-15)11-7-10-5-3-4-6-12(10)16-13(11)14/h3-7,9H,2H2,1H3. The lowest BCUT2D eigenvalue weighted by Crippen LogP contribution is -1.97. The lowest BCUT2D eigenvalue weighted by Gasteiger charge is -2.09. The molecule has 1 unspecified atom stereocenters. The Labute approximate surface area is 103 Å². The first kappa shape index (κ1) is 11.1. The largest absolute Gasteiger partial charge is 0.241 e. The van der Waals surface area contributed by atoms with Gasteiger partial charge in [0.25, 0.3) is 0 Å². The van der Waals surface area contributed by atoms with Crippen molar-refractivity contribution in [1.82, 2.24) is 4.98 Å². The molecule has 0 saturated carbocycles. The third-order valence-electron chi connectivity index (χ3n) is 2.64. The van der Waals surface area contributed by atoms with E-state index in [9.17, 15) is 0 Å². The zero-order valence-corrected chi connectivity index (χ0v) is 10.5. The van der Waals surface area contributed by atoms with Gasteiger partial charge in [0.2, 0.25) is 0 Å². The summed E-state index contributed by atoms with van der Waals surface area (Å²) in [5.74, 6) is -0.0912. The topological polar surface area (TPSA) is 36.7 Å². The first-order chi connectivity index (χ1) is 7.76. The van der Waals surface area contributed by atoms with Gasteiger partial charge in [0.15, 0.2) is 0 Å². The van der Waals surface area contributed by atoms with Crippen LogP contribution in [-0.4, -0.2) is 4.98 Å². The number of benzene rings is 1. The van der Waals surface area contributed by atoms with Crippen molar-refractivity contribution in [2.75, 3.05) is 0 Å². The average molecular weight is 275 g/mol. The van der Waals surface area contributed by atoms with Gasteiger partial charge in [-0.25, -0.2) is 4.98 Å². The Hall–Kier alpha value is -1.40. The van der Waals surface area contributed by atoms with Crippen molar-refractivity contribution < 1.29 is 0 Å². The van der Waals surface area contributed by atoms with Crippen molar-refractivity contribution in [3.8, 4) is 6.07 Å². The molecule has 0 radical (unpaired) electrons. The number of hydrogen-bond donors (Lipinski definition) is 0. The minimum Gasteiger partial charge on any atom is -0.241 e. The molecule has 1 aromatic heterocycles. The molecule has 1 aromatic carbocycles. The van der Waals surface area contributed by atoms with Crippen LogP contribution in [0.5, 0.6) is 0 Å². The van der Waals surface area contributed by atoms with Crippen molar-refractivity contribution in [2.45, 2.75) is 19.3 Å². The molecule has 80 valence electrons. The molecular formula is C13H11BrN2. The fraction of sp³-hybridized carbons (Fsp3) is 0.231. The van der Waals surface area contributed by atoms with Gasteiger partial charge >= 0.3 is 0 Å². The molecule has 0 amide bonds. The summed E-state index contributed by atoms with van der Waals surface area (Å²) in [4.78, 5) is 4.46. The van der Waals surface area contributed by atoms with E-state index in [1.807, 2.05) is 37.3 Å². The molecule has 0 N–H and O–H groups in total. The average Bonchev–Trinajstić information content (AvgIpc) is 2.31. The zero-order chi connectivity index (χ0) is 11.5. The summed E-state index contributed by atoms with van der Waals surface area (Å²) in [6.07, 6.45) is 0.801. The summed E-state index contributed by atoms with van der Waals surface area (Å²) in [6.45, 7) is 2.01. The van der Waals surface area contributed by atoms with E-state index >= 15 is 0 Å². The van der Waals surface area contributed by atoms with Crippen LogP contribution in [0, 0.1) is 11.3 Å². The normalized spacial score (nSPS) is 12.3. The van der Waals surface area contributed by atoms with E-state index in [4.69, 9.17) is 5.26 Å². The zero-order valence-electron chi connectivity index (χ0n) is 8.94. The Bertz CT molecular complexity index is 557. The van der Waals surface area contributed by atoms with Crippen LogP contribution in [-0.2, 0) is 0 Å². The quantitative estimate of drug-likeness (QED) is 0.776. The number of para-hydroxylation sites is 1. The number of nitrogens with zero attached hydrogens (tertiary/aromatic N) is 2. The fourth-order valence-corrected chi connectivity index (χ4v) is 2.32. The van der Waals surface area contributed by atoms with Gasteiger partial charge in [0.05, 0.1) is 17.5 Å². The lowest BCUT2D eigenvalue weighted by molar-refractivity contribution is 0.810. The van der Waals surface area contributed by atoms with E-state index in [-0.39, 0.29) is 5.92 Å². The molecule has 2 rings (SSSR count). The highest BCUT2D eigenvalue weighted by atomic mass is 79.9. The Morgan fingerprint density at radius 2 is 2.19 bits per heavy atom. The van der Waals surface area contributed by atoms with Gasteiger partial charge < -0.3 is 0 Å². The predicted octanol–water partition coefficient (Wildman–Crippen LogP) is 4.01. The van der Waals surface area contributed by atoms with Crippen LogP contribution in [0.1, 0.15) is 24.8 Å². The lowest BCUT2D eigenvalue weighted by atomic mass is 9.98. The van der Waals surface area contributed by atoms with Gasteiger partial charge in [0, 0.05) is 10.9 Å². The van der Waals surface area contributed by atoms with Crippen LogP contribution >= 0.6 is 15.9 Å². The molecule has 0 aliphatic rings. The minimum atomic E-state index is -0.0912. The molecule has 1 heterocycles. The minimum absolute atomic E-state index is 0.0912. The van der Waals surface area contributed by atoms with E-state index in [1.54, 1.807) is 0 Å². The number of fused-ring (bicyclic) bond motifs is 1. The highest BCUT2D eigenvalue weighted by molar-refractivity contribution is 9.10. The number of hydrogen-bond acceptors (Lipinski definition) is 2. The van der Waals surface area contributed by atoms with Crippen LogP contribution in [0.4, 0.5) is 0 Å². The van der Waals surface area contributed by atoms with Crippen LogP contribution in [0.15, 0.2) is 34.9 Å². The monoisotopic (exact) mass is 274 g/mol. The molecule has 3 heteroatoms. The van der Waals surface area contributed by atoms with E-state index in [0.717, 1.165) is 27.5 Å².